The molecule has 0 aliphatic heterocycles. The first-order valence-corrected chi connectivity index (χ1v) is 15.4. The second-order valence-corrected chi connectivity index (χ2v) is 12.0. The number of nitrogens with zero attached hydrogens (tertiary/aromatic N) is 1. The average molecular weight is 793 g/mol. The topological polar surface area (TPSA) is 87.5 Å². The summed E-state index contributed by atoms with van der Waals surface area (Å²) in [6.07, 6.45) is 7.46. The van der Waals surface area contributed by atoms with Crippen LogP contribution in [0.15, 0.2) is 103 Å². The van der Waals surface area contributed by atoms with E-state index in [1.54, 1.807) is 0 Å². The molecule has 3 aromatic carbocycles. The van der Waals surface area contributed by atoms with E-state index < -0.39 is 0 Å². The maximum atomic E-state index is 10.0. The van der Waals surface area contributed by atoms with Gasteiger partial charge in [0.1, 0.15) is 0 Å². The van der Waals surface area contributed by atoms with Gasteiger partial charge in [-0.2, -0.15) is 0 Å². The Bertz CT molecular complexity index is 1720. The first-order chi connectivity index (χ1) is 21.4. The van der Waals surface area contributed by atoms with Crippen molar-refractivity contribution in [3.8, 4) is 22.4 Å². The molecule has 1 aromatic heterocycles. The standard InChI is InChI=1S/C30H26N.2C5H8O2.Ir/c1-3-20(2)21-13-14-26-25-8-4-5-9-27(25)30(28(26)17-21)18-23-12-11-22(16-24(23)19-30)29-10-6-7-15-31-29;2*1-4(6)3-5(2)7;/h4-10,12-17,20H,3,18-19H2,1-2H3;2*3,6H,1-2H3;/q-1;;;/b;2*4-3-;. The summed E-state index contributed by atoms with van der Waals surface area (Å²) in [4.78, 5) is 24.6. The van der Waals surface area contributed by atoms with Crippen LogP contribution in [0, 0.1) is 6.07 Å². The molecule has 241 valence electrons. The number of carbonyl (C=O) groups excluding carboxylic acids is 2. The van der Waals surface area contributed by atoms with Gasteiger partial charge in [-0.05, 0) is 92.5 Å². The van der Waals surface area contributed by atoms with Gasteiger partial charge < -0.3 is 15.2 Å². The van der Waals surface area contributed by atoms with E-state index in [1.165, 1.54) is 85.2 Å². The fraction of sp³-hybridized carbons (Fsp3) is 0.275. The van der Waals surface area contributed by atoms with Gasteiger partial charge in [-0.15, -0.1) is 34.9 Å². The van der Waals surface area contributed by atoms with Crippen LogP contribution in [0.3, 0.4) is 0 Å². The molecule has 2 aliphatic rings. The number of aliphatic hydroxyl groups excluding tert-OH is 2. The molecule has 6 heteroatoms. The van der Waals surface area contributed by atoms with E-state index in [0.29, 0.717) is 5.92 Å². The predicted molar refractivity (Wildman–Crippen MR) is 181 cm³/mol. The van der Waals surface area contributed by atoms with E-state index in [-0.39, 0.29) is 48.6 Å². The van der Waals surface area contributed by atoms with Gasteiger partial charge in [0.05, 0.1) is 11.5 Å². The molecular formula is C40H42IrNO4-. The van der Waals surface area contributed by atoms with Crippen LogP contribution in [0.1, 0.15) is 81.7 Å². The number of ketones is 2. The summed E-state index contributed by atoms with van der Waals surface area (Å²) in [6.45, 7) is 10.3. The van der Waals surface area contributed by atoms with Gasteiger partial charge >= 0.3 is 0 Å². The molecule has 6 rings (SSSR count). The van der Waals surface area contributed by atoms with Crippen LogP contribution in [-0.4, -0.2) is 26.8 Å². The maximum Gasteiger partial charge on any atom is 0.155 e. The fourth-order valence-corrected chi connectivity index (χ4v) is 6.26. The first-order valence-electron chi connectivity index (χ1n) is 15.4. The molecule has 1 spiro atoms. The predicted octanol–water partition coefficient (Wildman–Crippen LogP) is 9.20. The van der Waals surface area contributed by atoms with E-state index in [9.17, 15) is 9.59 Å². The third kappa shape index (κ3) is 8.37. The molecule has 1 radical (unpaired) electrons. The van der Waals surface area contributed by atoms with Crippen molar-refractivity contribution in [2.75, 3.05) is 0 Å². The quantitative estimate of drug-likeness (QED) is 0.120. The zero-order chi connectivity index (χ0) is 32.7. The van der Waals surface area contributed by atoms with Crippen LogP contribution < -0.4 is 0 Å². The van der Waals surface area contributed by atoms with Crippen molar-refractivity contribution in [2.24, 2.45) is 0 Å². The SMILES string of the molecule is CC(=O)/C=C(/C)O.CC(=O)/C=C(/C)O.CCC(C)c1ccc2c(c1)C1(Cc3c[c-]c(-c4ccccn4)cc3C1)c1ccccc1-2.[Ir]. The number of carbonyl (C=O) groups is 2. The maximum absolute atomic E-state index is 10.0. The van der Waals surface area contributed by atoms with E-state index in [0.717, 1.165) is 24.1 Å². The van der Waals surface area contributed by atoms with Crippen molar-refractivity contribution in [1.82, 2.24) is 4.98 Å². The molecule has 0 bridgehead atoms. The smallest absolute Gasteiger partial charge is 0.155 e. The molecule has 2 unspecified atom stereocenters. The Kier molecular flexibility index (Phi) is 12.6. The molecule has 5 nitrogen and oxygen atoms in total. The number of hydrogen-bond acceptors (Lipinski definition) is 5. The number of hydrogen-bond donors (Lipinski definition) is 2. The zero-order valence-corrected chi connectivity index (χ0v) is 29.7. The average Bonchev–Trinajstić information content (AvgIpc) is 3.51. The number of aromatic nitrogens is 1. The summed E-state index contributed by atoms with van der Waals surface area (Å²) in [6, 6.07) is 30.4. The van der Waals surface area contributed by atoms with Crippen LogP contribution in [0.4, 0.5) is 0 Å². The van der Waals surface area contributed by atoms with Crippen LogP contribution in [-0.2, 0) is 48.0 Å². The summed E-state index contributed by atoms with van der Waals surface area (Å²) in [5.74, 6) is 0.457. The Labute approximate surface area is 286 Å². The molecule has 0 amide bonds. The first kappa shape index (κ1) is 36.3. The van der Waals surface area contributed by atoms with Crippen LogP contribution >= 0.6 is 0 Å². The van der Waals surface area contributed by atoms with E-state index >= 15 is 0 Å². The minimum atomic E-state index is -0.125. The third-order valence-electron chi connectivity index (χ3n) is 8.36. The molecule has 0 saturated carbocycles. The fourth-order valence-electron chi connectivity index (χ4n) is 6.26. The van der Waals surface area contributed by atoms with Gasteiger partial charge in [-0.25, -0.2) is 0 Å². The second kappa shape index (κ2) is 15.9. The summed E-state index contributed by atoms with van der Waals surface area (Å²) in [5, 5.41) is 16.7. The second-order valence-electron chi connectivity index (χ2n) is 12.0. The van der Waals surface area contributed by atoms with Gasteiger partial charge in [0.2, 0.25) is 0 Å². The molecular weight excluding hydrogens is 751 g/mol. The van der Waals surface area contributed by atoms with Crippen molar-refractivity contribution in [2.45, 2.75) is 72.1 Å². The van der Waals surface area contributed by atoms with Crippen molar-refractivity contribution in [3.05, 3.63) is 137 Å². The van der Waals surface area contributed by atoms with Gasteiger partial charge in [-0.3, -0.25) is 9.59 Å². The number of rotatable bonds is 5. The molecule has 2 N–H and O–H groups in total. The zero-order valence-electron chi connectivity index (χ0n) is 27.4. The van der Waals surface area contributed by atoms with Crippen molar-refractivity contribution < 1.29 is 39.9 Å². The van der Waals surface area contributed by atoms with Crippen molar-refractivity contribution in [1.29, 1.82) is 0 Å². The molecule has 2 aliphatic carbocycles. The summed E-state index contributed by atoms with van der Waals surface area (Å²) < 4.78 is 0. The van der Waals surface area contributed by atoms with Gasteiger partial charge in [-0.1, -0.05) is 68.4 Å². The molecule has 4 aromatic rings. The Hall–Kier alpha value is -4.12. The Morgan fingerprint density at radius 2 is 1.46 bits per heavy atom. The van der Waals surface area contributed by atoms with Crippen LogP contribution in [0.25, 0.3) is 22.4 Å². The van der Waals surface area contributed by atoms with Crippen molar-refractivity contribution in [3.63, 3.8) is 0 Å². The number of benzene rings is 3. The van der Waals surface area contributed by atoms with E-state index in [1.807, 2.05) is 18.3 Å². The summed E-state index contributed by atoms with van der Waals surface area (Å²) in [5.41, 5.74) is 12.3. The van der Waals surface area contributed by atoms with E-state index in [2.05, 4.69) is 85.6 Å². The molecule has 0 saturated heterocycles. The number of allylic oxidation sites excluding steroid dienone is 4. The number of pyridine rings is 1. The largest absolute Gasteiger partial charge is 0.512 e. The van der Waals surface area contributed by atoms with Gasteiger partial charge in [0.25, 0.3) is 0 Å². The summed E-state index contributed by atoms with van der Waals surface area (Å²) in [7, 11) is 0. The van der Waals surface area contributed by atoms with Gasteiger partial charge in [0.15, 0.2) is 11.6 Å². The minimum Gasteiger partial charge on any atom is -0.512 e. The molecule has 0 fully saturated rings. The normalized spacial score (nSPS) is 16.4. The Balaban J connectivity index is 0.000000325. The Morgan fingerprint density at radius 1 is 0.848 bits per heavy atom. The molecule has 46 heavy (non-hydrogen) atoms. The number of fused-ring (bicyclic) bond motifs is 6. The summed E-state index contributed by atoms with van der Waals surface area (Å²) >= 11 is 0. The third-order valence-corrected chi connectivity index (χ3v) is 8.36. The minimum absolute atomic E-state index is 0. The van der Waals surface area contributed by atoms with Crippen LogP contribution in [0.5, 0.6) is 0 Å². The molecule has 1 heterocycles. The van der Waals surface area contributed by atoms with Crippen molar-refractivity contribution >= 4 is 11.6 Å². The van der Waals surface area contributed by atoms with Gasteiger partial charge in [0, 0.05) is 43.9 Å². The Morgan fingerprint density at radius 3 is 2.02 bits per heavy atom. The monoisotopic (exact) mass is 793 g/mol. The molecule has 2 atom stereocenters. The van der Waals surface area contributed by atoms with E-state index in [4.69, 9.17) is 10.2 Å². The van der Waals surface area contributed by atoms with Crippen LogP contribution in [0.2, 0.25) is 0 Å². The number of aliphatic hydroxyl groups is 2.